The minimum atomic E-state index is -2.26. The van der Waals surface area contributed by atoms with Crippen molar-refractivity contribution < 1.29 is 71.1 Å². The summed E-state index contributed by atoms with van der Waals surface area (Å²) in [5.41, 5.74) is 0. The molecule has 0 atom stereocenters. The van der Waals surface area contributed by atoms with Gasteiger partial charge in [-0.2, -0.15) is 0 Å². The van der Waals surface area contributed by atoms with Crippen molar-refractivity contribution in [3.63, 3.8) is 0 Å². The van der Waals surface area contributed by atoms with Gasteiger partial charge in [0.15, 0.2) is 34.5 Å². The zero-order valence-electron chi connectivity index (χ0n) is 41.2. The van der Waals surface area contributed by atoms with Crippen LogP contribution in [0, 0.1) is 0 Å². The number of ether oxygens (including phenoxy) is 15. The normalized spacial score (nSPS) is 10.9. The Morgan fingerprint density at radius 3 is 0.375 bits per heavy atom. The summed E-state index contributed by atoms with van der Waals surface area (Å²) < 4.78 is 99.7. The third-order valence-corrected chi connectivity index (χ3v) is 11.3. The van der Waals surface area contributed by atoms with E-state index in [1.165, 1.54) is 0 Å². The average molecular weight is 923 g/mol. The fourth-order valence-electron chi connectivity index (χ4n) is 6.98. The van der Waals surface area contributed by atoms with Gasteiger partial charge in [-0.05, 0) is 104 Å². The van der Waals surface area contributed by atoms with E-state index < -0.39 is 7.92 Å². The van der Waals surface area contributed by atoms with Gasteiger partial charge < -0.3 is 71.1 Å². The van der Waals surface area contributed by atoms with Gasteiger partial charge in [-0.15, -0.1) is 0 Å². The summed E-state index contributed by atoms with van der Waals surface area (Å²) >= 11 is 0. The molecule has 0 amide bonds. The molecule has 0 radical (unpaired) electrons. The largest absolute Gasteiger partial charge is 0.489 e. The molecule has 0 spiro atoms. The van der Waals surface area contributed by atoms with Crippen LogP contribution in [0.3, 0.4) is 0 Å². The van der Waals surface area contributed by atoms with Gasteiger partial charge in [-0.25, -0.2) is 0 Å². The molecule has 0 aliphatic rings. The maximum atomic E-state index is 6.82. The van der Waals surface area contributed by atoms with Gasteiger partial charge in [0.1, 0.15) is 0 Å². The molecule has 0 heterocycles. The van der Waals surface area contributed by atoms with Crippen molar-refractivity contribution in [3.8, 4) is 86.2 Å². The Morgan fingerprint density at radius 1 is 0.172 bits per heavy atom. The molecule has 0 aromatic heterocycles. The lowest BCUT2D eigenvalue weighted by molar-refractivity contribution is 0.232. The molecule has 3 aromatic rings. The van der Waals surface area contributed by atoms with E-state index in [9.17, 15) is 0 Å². The smallest absolute Gasteiger partial charge is 0.211 e. The molecule has 64 heavy (non-hydrogen) atoms. The van der Waals surface area contributed by atoms with E-state index in [2.05, 4.69) is 0 Å². The Bertz CT molecular complexity index is 1560. The molecule has 362 valence electrons. The van der Waals surface area contributed by atoms with Crippen LogP contribution in [-0.2, 0) is 0 Å². The van der Waals surface area contributed by atoms with E-state index in [4.69, 9.17) is 71.1 Å². The van der Waals surface area contributed by atoms with Crippen molar-refractivity contribution in [3.05, 3.63) is 0 Å². The van der Waals surface area contributed by atoms with Gasteiger partial charge in [-0.1, -0.05) is 0 Å². The third kappa shape index (κ3) is 11.7. The highest BCUT2D eigenvalue weighted by Gasteiger charge is 2.46. The van der Waals surface area contributed by atoms with Crippen molar-refractivity contribution in [1.82, 2.24) is 0 Å². The third-order valence-electron chi connectivity index (χ3n) is 8.77. The minimum absolute atomic E-state index is 0.226. The first kappa shape index (κ1) is 53.4. The summed E-state index contributed by atoms with van der Waals surface area (Å²) in [7, 11) is -2.26. The summed E-state index contributed by atoms with van der Waals surface area (Å²) in [5, 5.41) is 1.50. The van der Waals surface area contributed by atoms with Crippen LogP contribution in [0.2, 0.25) is 0 Å². The highest BCUT2D eigenvalue weighted by atomic mass is 31.1. The fourth-order valence-corrected chi connectivity index (χ4v) is 9.86. The van der Waals surface area contributed by atoms with Crippen molar-refractivity contribution in [2.45, 2.75) is 104 Å². The summed E-state index contributed by atoms with van der Waals surface area (Å²) in [6.45, 7) is 32.3. The van der Waals surface area contributed by atoms with Crippen LogP contribution in [-0.4, -0.2) is 99.1 Å². The Kier molecular flexibility index (Phi) is 23.5. The number of benzene rings is 3. The zero-order valence-corrected chi connectivity index (χ0v) is 42.1. The van der Waals surface area contributed by atoms with Crippen LogP contribution >= 0.6 is 7.92 Å². The first-order valence-corrected chi connectivity index (χ1v) is 24.5. The van der Waals surface area contributed by atoms with E-state index in [0.29, 0.717) is 122 Å². The van der Waals surface area contributed by atoms with Gasteiger partial charge in [0, 0.05) is 7.92 Å². The molecule has 0 aliphatic heterocycles. The van der Waals surface area contributed by atoms with Gasteiger partial charge in [0.05, 0.1) is 115 Å². The highest BCUT2D eigenvalue weighted by Crippen LogP contribution is 2.64. The van der Waals surface area contributed by atoms with Crippen molar-refractivity contribution >= 4 is 23.8 Å². The summed E-state index contributed by atoms with van der Waals surface area (Å²) in [5.74, 6) is 4.85. The lowest BCUT2D eigenvalue weighted by Crippen LogP contribution is -2.31. The number of hydrogen-bond donors (Lipinski definition) is 0. The van der Waals surface area contributed by atoms with Crippen molar-refractivity contribution in [1.29, 1.82) is 0 Å². The molecular weight excluding hydrogens is 847 g/mol. The lowest BCUT2D eigenvalue weighted by atomic mass is 10.2. The highest BCUT2D eigenvalue weighted by molar-refractivity contribution is 7.81. The first-order valence-electron chi connectivity index (χ1n) is 23.2. The van der Waals surface area contributed by atoms with E-state index in [-0.39, 0.29) is 79.3 Å². The van der Waals surface area contributed by atoms with Gasteiger partial charge in [-0.3, -0.25) is 0 Å². The molecule has 0 saturated heterocycles. The Labute approximate surface area is 383 Å². The van der Waals surface area contributed by atoms with E-state index in [1.807, 2.05) is 104 Å². The maximum Gasteiger partial charge on any atom is 0.211 e. The van der Waals surface area contributed by atoms with E-state index >= 15 is 0 Å². The second-order valence-corrected chi connectivity index (χ2v) is 14.8. The van der Waals surface area contributed by atoms with Gasteiger partial charge in [0.2, 0.25) is 51.7 Å². The number of hydrogen-bond acceptors (Lipinski definition) is 15. The fraction of sp³-hybridized carbons (Fsp3) is 0.625. The van der Waals surface area contributed by atoms with Gasteiger partial charge >= 0.3 is 0 Å². The van der Waals surface area contributed by atoms with E-state index in [1.54, 1.807) is 0 Å². The predicted molar refractivity (Wildman–Crippen MR) is 253 cm³/mol. The minimum Gasteiger partial charge on any atom is -0.489 e. The van der Waals surface area contributed by atoms with Crippen LogP contribution in [0.4, 0.5) is 0 Å². The van der Waals surface area contributed by atoms with E-state index in [0.717, 1.165) is 0 Å². The topological polar surface area (TPSA) is 138 Å². The molecule has 15 nitrogen and oxygen atoms in total. The Hall–Kier alpha value is -4.91. The summed E-state index contributed by atoms with van der Waals surface area (Å²) in [6, 6.07) is 0. The molecule has 0 bridgehead atoms. The molecular formula is C48H75O15P. The second-order valence-electron chi connectivity index (χ2n) is 12.8. The lowest BCUT2D eigenvalue weighted by Gasteiger charge is -2.34. The molecule has 0 saturated carbocycles. The van der Waals surface area contributed by atoms with Crippen molar-refractivity contribution in [2.24, 2.45) is 0 Å². The number of rotatable bonds is 33. The molecule has 0 N–H and O–H groups in total. The monoisotopic (exact) mass is 922 g/mol. The van der Waals surface area contributed by atoms with Crippen LogP contribution in [0.15, 0.2) is 0 Å². The average Bonchev–Trinajstić information content (AvgIpc) is 3.28. The Balaban J connectivity index is 3.23. The first-order chi connectivity index (χ1) is 31.2. The van der Waals surface area contributed by atoms with Crippen LogP contribution in [0.1, 0.15) is 104 Å². The van der Waals surface area contributed by atoms with Crippen LogP contribution in [0.25, 0.3) is 0 Å². The standard InChI is InChI=1S/C48H75O15P/c1-16-49-31-34(52-19-4)40(58-25-10)46(41(59-26-11)35(31)53-20-5)64(47-42(60-27-12)36(54-21-6)32(50-17-2)37(55-22-7)43(47)61-28-13)48-44(62-29-14)38(56-23-8)33(51-18-3)39(57-24-9)45(48)63-30-15/h16-30H2,1-15H3. The second kappa shape index (κ2) is 28.1. The van der Waals surface area contributed by atoms with Crippen LogP contribution < -0.4 is 87.0 Å². The summed E-state index contributed by atoms with van der Waals surface area (Å²) in [6.07, 6.45) is 0. The molecule has 0 unspecified atom stereocenters. The molecule has 0 aliphatic carbocycles. The Morgan fingerprint density at radius 2 is 0.266 bits per heavy atom. The zero-order chi connectivity index (χ0) is 47.2. The molecule has 3 rings (SSSR count). The molecule has 0 fully saturated rings. The van der Waals surface area contributed by atoms with Crippen LogP contribution in [0.5, 0.6) is 86.2 Å². The molecule has 16 heteroatoms. The SMILES string of the molecule is CCOc1c(OCC)c(OCC)c(P(c2c(OCC)c(OCC)c(OCC)c(OCC)c2OCC)c2c(OCC)c(OCC)c(OCC)c(OCC)c2OCC)c(OCC)c1OCC. The maximum absolute atomic E-state index is 6.82. The van der Waals surface area contributed by atoms with Crippen molar-refractivity contribution in [2.75, 3.05) is 99.1 Å². The molecule has 3 aromatic carbocycles. The predicted octanol–water partition coefficient (Wildman–Crippen LogP) is 9.43. The van der Waals surface area contributed by atoms with Gasteiger partial charge in [0.25, 0.3) is 0 Å². The quantitative estimate of drug-likeness (QED) is 0.0536. The summed E-state index contributed by atoms with van der Waals surface area (Å²) in [4.78, 5) is 0.